The lowest BCUT2D eigenvalue weighted by Gasteiger charge is -2.47. The summed E-state index contributed by atoms with van der Waals surface area (Å²) in [4.78, 5) is 46.4. The molecule has 0 aliphatic carbocycles. The number of carboxylic acid groups (broad SMARTS) is 2. The SMILES string of the molecule is CCC1(C(=O)O)Sc2nc(N)c(=O)n(-c3ccc4c(c3)N(c3ccccc3)CCO4)c2C1(C(=O)O)C(C)(C)C. The number of anilines is 3. The minimum Gasteiger partial charge on any atom is -0.490 e. The van der Waals surface area contributed by atoms with E-state index in [4.69, 9.17) is 10.5 Å². The third-order valence-corrected chi connectivity index (χ3v) is 9.32. The average Bonchev–Trinajstić information content (AvgIpc) is 3.21. The van der Waals surface area contributed by atoms with Crippen molar-refractivity contribution in [2.45, 2.75) is 49.3 Å². The molecule has 2 unspecified atom stereocenters. The third-order valence-electron chi connectivity index (χ3n) is 7.72. The third kappa shape index (κ3) is 3.55. The highest BCUT2D eigenvalue weighted by Crippen LogP contribution is 2.64. The van der Waals surface area contributed by atoms with Crippen LogP contribution in [0.15, 0.2) is 58.4 Å². The number of fused-ring (bicyclic) bond motifs is 2. The smallest absolute Gasteiger partial charge is 0.321 e. The summed E-state index contributed by atoms with van der Waals surface area (Å²) in [6.07, 6.45) is -0.0269. The molecule has 0 fully saturated rings. The normalized spacial score (nSPS) is 22.1. The molecule has 3 aromatic rings. The lowest BCUT2D eigenvalue weighted by Crippen LogP contribution is -2.64. The van der Waals surface area contributed by atoms with E-state index in [0.717, 1.165) is 17.4 Å². The molecule has 0 radical (unpaired) electrons. The van der Waals surface area contributed by atoms with Crippen LogP contribution in [-0.2, 0) is 15.0 Å². The molecule has 4 N–H and O–H groups in total. The van der Waals surface area contributed by atoms with E-state index in [-0.39, 0.29) is 23.0 Å². The van der Waals surface area contributed by atoms with E-state index in [1.165, 1.54) is 4.57 Å². The number of thioether (sulfide) groups is 1. The quantitative estimate of drug-likeness (QED) is 0.425. The fourth-order valence-electron chi connectivity index (χ4n) is 6.07. The zero-order valence-corrected chi connectivity index (χ0v) is 22.9. The van der Waals surface area contributed by atoms with Crippen molar-refractivity contribution in [2.24, 2.45) is 5.41 Å². The van der Waals surface area contributed by atoms with Crippen LogP contribution in [0.3, 0.4) is 0 Å². The molecule has 11 heteroatoms. The van der Waals surface area contributed by atoms with Crippen LogP contribution < -0.4 is 20.9 Å². The molecule has 2 atom stereocenters. The van der Waals surface area contributed by atoms with E-state index in [1.54, 1.807) is 45.9 Å². The number of carbonyl (C=O) groups is 2. The maximum absolute atomic E-state index is 13.7. The van der Waals surface area contributed by atoms with Crippen molar-refractivity contribution in [2.75, 3.05) is 23.8 Å². The highest BCUT2D eigenvalue weighted by molar-refractivity contribution is 8.01. The number of hydrogen-bond acceptors (Lipinski definition) is 8. The minimum atomic E-state index is -2.04. The molecule has 10 nitrogen and oxygen atoms in total. The second-order valence-corrected chi connectivity index (χ2v) is 12.0. The lowest BCUT2D eigenvalue weighted by atomic mass is 9.56. The number of aromatic nitrogens is 2. The van der Waals surface area contributed by atoms with Gasteiger partial charge in [0.25, 0.3) is 5.56 Å². The molecule has 3 heterocycles. The molecule has 2 aliphatic rings. The van der Waals surface area contributed by atoms with Gasteiger partial charge in [-0.25, -0.2) is 4.98 Å². The number of rotatable bonds is 5. The van der Waals surface area contributed by atoms with Crippen LogP contribution in [0.25, 0.3) is 5.69 Å². The van der Waals surface area contributed by atoms with Crippen LogP contribution in [0.4, 0.5) is 17.2 Å². The van der Waals surface area contributed by atoms with E-state index in [1.807, 2.05) is 30.3 Å². The zero-order chi connectivity index (χ0) is 28.3. The number of aliphatic carboxylic acids is 2. The molecule has 1 aromatic heterocycles. The summed E-state index contributed by atoms with van der Waals surface area (Å²) < 4.78 is 5.28. The van der Waals surface area contributed by atoms with Gasteiger partial charge in [0.1, 0.15) is 27.5 Å². The van der Waals surface area contributed by atoms with Crippen molar-refractivity contribution in [3.05, 3.63) is 64.6 Å². The van der Waals surface area contributed by atoms with Crippen molar-refractivity contribution >= 4 is 40.9 Å². The summed E-state index contributed by atoms with van der Waals surface area (Å²) in [6.45, 7) is 7.67. The first-order chi connectivity index (χ1) is 18.4. The number of benzene rings is 2. The number of nitrogens with two attached hydrogens (primary N) is 1. The van der Waals surface area contributed by atoms with Gasteiger partial charge in [0.15, 0.2) is 5.82 Å². The summed E-state index contributed by atoms with van der Waals surface area (Å²) in [6, 6.07) is 14.8. The Morgan fingerprint density at radius 2 is 1.79 bits per heavy atom. The Labute approximate surface area is 229 Å². The Morgan fingerprint density at radius 1 is 1.10 bits per heavy atom. The van der Waals surface area contributed by atoms with Crippen molar-refractivity contribution < 1.29 is 24.5 Å². The molecule has 5 rings (SSSR count). The van der Waals surface area contributed by atoms with Crippen molar-refractivity contribution in [1.82, 2.24) is 9.55 Å². The Kier molecular flexibility index (Phi) is 6.17. The first-order valence-electron chi connectivity index (χ1n) is 12.6. The van der Waals surface area contributed by atoms with E-state index < -0.39 is 33.1 Å². The second-order valence-electron chi connectivity index (χ2n) is 10.7. The summed E-state index contributed by atoms with van der Waals surface area (Å²) in [5.41, 5.74) is 4.13. The Balaban J connectivity index is 1.86. The van der Waals surface area contributed by atoms with Gasteiger partial charge in [-0.3, -0.25) is 19.0 Å². The van der Waals surface area contributed by atoms with Crippen molar-refractivity contribution in [3.8, 4) is 11.4 Å². The molecule has 0 saturated heterocycles. The molecular formula is C28H30N4O6S. The van der Waals surface area contributed by atoms with Gasteiger partial charge < -0.3 is 25.6 Å². The fraction of sp³-hybridized carbons (Fsp3) is 0.357. The topological polar surface area (TPSA) is 148 Å². The maximum Gasteiger partial charge on any atom is 0.321 e. The van der Waals surface area contributed by atoms with Gasteiger partial charge in [0, 0.05) is 5.69 Å². The van der Waals surface area contributed by atoms with Gasteiger partial charge in [-0.05, 0) is 42.2 Å². The van der Waals surface area contributed by atoms with Crippen LogP contribution in [0.1, 0.15) is 39.8 Å². The Morgan fingerprint density at radius 3 is 2.38 bits per heavy atom. The molecule has 0 amide bonds. The number of nitrogen functional groups attached to an aromatic ring is 1. The van der Waals surface area contributed by atoms with Gasteiger partial charge in [-0.1, -0.05) is 57.7 Å². The van der Waals surface area contributed by atoms with Gasteiger partial charge in [0.05, 0.1) is 23.6 Å². The fourth-order valence-corrected chi connectivity index (χ4v) is 7.76. The number of carboxylic acids is 2. The summed E-state index contributed by atoms with van der Waals surface area (Å²) in [5.74, 6) is -2.39. The summed E-state index contributed by atoms with van der Waals surface area (Å²) >= 11 is 0.845. The predicted molar refractivity (Wildman–Crippen MR) is 148 cm³/mol. The number of ether oxygens (including phenoxy) is 1. The van der Waals surface area contributed by atoms with Crippen LogP contribution in [-0.4, -0.2) is 49.6 Å². The predicted octanol–water partition coefficient (Wildman–Crippen LogP) is 4.05. The van der Waals surface area contributed by atoms with Crippen LogP contribution >= 0.6 is 11.8 Å². The highest BCUT2D eigenvalue weighted by Gasteiger charge is 2.73. The van der Waals surface area contributed by atoms with Crippen LogP contribution in [0, 0.1) is 5.41 Å². The van der Waals surface area contributed by atoms with Crippen molar-refractivity contribution in [3.63, 3.8) is 0 Å². The number of para-hydroxylation sites is 1. The lowest BCUT2D eigenvalue weighted by molar-refractivity contribution is -0.160. The van der Waals surface area contributed by atoms with Crippen LogP contribution in [0.2, 0.25) is 0 Å². The molecule has 0 saturated carbocycles. The van der Waals surface area contributed by atoms with Gasteiger partial charge in [0.2, 0.25) is 0 Å². The Hall–Kier alpha value is -3.99. The van der Waals surface area contributed by atoms with Gasteiger partial charge >= 0.3 is 11.9 Å². The first kappa shape index (κ1) is 26.6. The number of nitrogens with zero attached hydrogens (tertiary/aromatic N) is 3. The van der Waals surface area contributed by atoms with Gasteiger partial charge in [-0.2, -0.15) is 0 Å². The van der Waals surface area contributed by atoms with E-state index in [0.29, 0.717) is 30.3 Å². The molecule has 2 aromatic carbocycles. The molecule has 2 aliphatic heterocycles. The minimum absolute atomic E-state index is 0.0129. The average molecular weight is 551 g/mol. The molecule has 204 valence electrons. The largest absolute Gasteiger partial charge is 0.490 e. The highest BCUT2D eigenvalue weighted by atomic mass is 32.2. The molecule has 0 bridgehead atoms. The van der Waals surface area contributed by atoms with E-state index in [9.17, 15) is 24.6 Å². The first-order valence-corrected chi connectivity index (χ1v) is 13.4. The molecule has 0 spiro atoms. The van der Waals surface area contributed by atoms with Gasteiger partial charge in [-0.15, -0.1) is 0 Å². The summed E-state index contributed by atoms with van der Waals surface area (Å²) in [7, 11) is 0. The molecular weight excluding hydrogens is 520 g/mol. The Bertz CT molecular complexity index is 1550. The standard InChI is InChI=1S/C28H30N4O6S/c1-5-27(24(34)35)28(25(36)37,26(2,3)4)20-22(39-27)30-21(29)23(33)32(20)17-11-12-19-18(15-17)31(13-14-38-19)16-9-7-6-8-10-16/h6-12,15H,5,13-14H2,1-4H3,(H2,29,30)(H,34,35)(H,36,37). The monoisotopic (exact) mass is 550 g/mol. The molecule has 39 heavy (non-hydrogen) atoms. The van der Waals surface area contributed by atoms with E-state index in [2.05, 4.69) is 9.88 Å². The summed E-state index contributed by atoms with van der Waals surface area (Å²) in [5, 5.41) is 21.6. The van der Waals surface area contributed by atoms with E-state index >= 15 is 0 Å². The maximum atomic E-state index is 13.7. The van der Waals surface area contributed by atoms with Crippen LogP contribution in [0.5, 0.6) is 5.75 Å². The second kappa shape index (κ2) is 9.04. The van der Waals surface area contributed by atoms with Crippen molar-refractivity contribution in [1.29, 1.82) is 0 Å². The zero-order valence-electron chi connectivity index (χ0n) is 22.1. The number of hydrogen-bond donors (Lipinski definition) is 3.